The number of H-pyrrole nitrogens is 1. The summed E-state index contributed by atoms with van der Waals surface area (Å²) in [6.07, 6.45) is 4.24. The summed E-state index contributed by atoms with van der Waals surface area (Å²) in [5, 5.41) is 10.8. The third-order valence-corrected chi connectivity index (χ3v) is 4.87. The molecule has 6 heteroatoms. The molecule has 0 fully saturated rings. The summed E-state index contributed by atoms with van der Waals surface area (Å²) in [6.45, 7) is 2.07. The van der Waals surface area contributed by atoms with E-state index in [1.165, 1.54) is 10.1 Å². The van der Waals surface area contributed by atoms with Gasteiger partial charge in [-0.05, 0) is 48.5 Å². The molecule has 0 saturated carbocycles. The molecular weight excluding hydrogens is 358 g/mol. The lowest BCUT2D eigenvalue weighted by Gasteiger charge is -2.12. The number of nitrogens with one attached hydrogen (secondary N) is 1. The number of allylic oxidation sites excluding steroid dienone is 1. The van der Waals surface area contributed by atoms with Gasteiger partial charge in [0.2, 0.25) is 5.88 Å². The van der Waals surface area contributed by atoms with Gasteiger partial charge in [-0.1, -0.05) is 37.3 Å². The molecule has 4 rings (SSSR count). The summed E-state index contributed by atoms with van der Waals surface area (Å²) in [5.74, 6) is -0.196. The number of nitrogens with zero attached hydrogens (tertiary/aromatic N) is 2. The van der Waals surface area contributed by atoms with Crippen LogP contribution in [0.4, 0.5) is 5.69 Å². The minimum Gasteiger partial charge on any atom is -0.494 e. The van der Waals surface area contributed by atoms with Gasteiger partial charge >= 0.3 is 0 Å². The Labute approximate surface area is 161 Å². The fraction of sp³-hybridized carbons (Fsp3) is 0.0952. The highest BCUT2D eigenvalue weighted by atomic mass is 32.1. The summed E-state index contributed by atoms with van der Waals surface area (Å²) < 4.78 is 1.60. The molecule has 2 heterocycles. The Morgan fingerprint density at radius 2 is 1.93 bits per heavy atom. The Morgan fingerprint density at radius 1 is 1.19 bits per heavy atom. The van der Waals surface area contributed by atoms with E-state index in [-0.39, 0.29) is 16.2 Å². The van der Waals surface area contributed by atoms with Crippen molar-refractivity contribution in [3.8, 4) is 11.6 Å². The Morgan fingerprint density at radius 3 is 2.67 bits per heavy atom. The average Bonchev–Trinajstić information content (AvgIpc) is 3.08. The van der Waals surface area contributed by atoms with Crippen molar-refractivity contribution in [3.05, 3.63) is 80.3 Å². The van der Waals surface area contributed by atoms with E-state index in [0.717, 1.165) is 23.2 Å². The number of hydrogen-bond donors (Lipinski definition) is 2. The second-order valence-corrected chi connectivity index (χ2v) is 6.61. The zero-order valence-electron chi connectivity index (χ0n) is 14.6. The summed E-state index contributed by atoms with van der Waals surface area (Å²) in [4.78, 5) is 19.4. The highest BCUT2D eigenvalue weighted by Gasteiger charge is 2.16. The molecular formula is C21H17N3O2S. The topological polar surface area (TPSA) is 70.4 Å². The van der Waals surface area contributed by atoms with Crippen LogP contribution in [0.5, 0.6) is 5.88 Å². The molecule has 0 radical (unpaired) electrons. The van der Waals surface area contributed by atoms with Crippen molar-refractivity contribution in [1.29, 1.82) is 0 Å². The lowest BCUT2D eigenvalue weighted by atomic mass is 10.1. The van der Waals surface area contributed by atoms with Crippen LogP contribution in [-0.4, -0.2) is 20.9 Å². The summed E-state index contributed by atoms with van der Waals surface area (Å²) in [6, 6.07) is 15.3. The Bertz CT molecular complexity index is 1200. The van der Waals surface area contributed by atoms with E-state index >= 15 is 0 Å². The van der Waals surface area contributed by atoms with Gasteiger partial charge in [-0.15, -0.1) is 0 Å². The number of aryl methyl sites for hydroxylation is 1. The van der Waals surface area contributed by atoms with E-state index < -0.39 is 5.56 Å². The number of benzene rings is 2. The van der Waals surface area contributed by atoms with Crippen LogP contribution in [0.25, 0.3) is 17.3 Å². The van der Waals surface area contributed by atoms with Crippen molar-refractivity contribution in [1.82, 2.24) is 9.55 Å². The zero-order valence-corrected chi connectivity index (χ0v) is 15.5. The van der Waals surface area contributed by atoms with Crippen LogP contribution >= 0.6 is 12.2 Å². The fourth-order valence-electron chi connectivity index (χ4n) is 3.10. The van der Waals surface area contributed by atoms with Gasteiger partial charge in [-0.25, -0.2) is 0 Å². The second kappa shape index (κ2) is 6.81. The molecule has 27 heavy (non-hydrogen) atoms. The summed E-state index contributed by atoms with van der Waals surface area (Å²) >= 11 is 5.28. The molecule has 0 saturated heterocycles. The third-order valence-electron chi connectivity index (χ3n) is 4.58. The zero-order chi connectivity index (χ0) is 19.0. The van der Waals surface area contributed by atoms with Crippen LogP contribution in [0.2, 0.25) is 0 Å². The van der Waals surface area contributed by atoms with Crippen LogP contribution in [-0.2, 0) is 6.42 Å². The van der Waals surface area contributed by atoms with Crippen LogP contribution < -0.4 is 5.56 Å². The van der Waals surface area contributed by atoms with E-state index in [1.54, 1.807) is 12.3 Å². The van der Waals surface area contributed by atoms with Crippen molar-refractivity contribution in [2.75, 3.05) is 0 Å². The first-order valence-corrected chi connectivity index (χ1v) is 9.02. The number of para-hydroxylation sites is 1. The molecule has 134 valence electrons. The van der Waals surface area contributed by atoms with Crippen molar-refractivity contribution in [3.63, 3.8) is 0 Å². The number of fused-ring (bicyclic) bond motifs is 1. The maximum atomic E-state index is 12.5. The number of rotatable bonds is 3. The summed E-state index contributed by atoms with van der Waals surface area (Å²) in [5.41, 5.74) is 4.07. The largest absolute Gasteiger partial charge is 0.494 e. The molecule has 3 aromatic rings. The SMILES string of the molecule is CCc1ccc(-n2c(O)c(/C=C3\C=Nc4ccccc43)c(=O)[nH]c2=S)cc1. The highest BCUT2D eigenvalue weighted by Crippen LogP contribution is 2.33. The second-order valence-electron chi connectivity index (χ2n) is 6.23. The maximum absolute atomic E-state index is 12.5. The Kier molecular flexibility index (Phi) is 4.33. The first-order chi connectivity index (χ1) is 13.1. The molecule has 5 nitrogen and oxygen atoms in total. The predicted octanol–water partition coefficient (Wildman–Crippen LogP) is 4.42. The number of aliphatic imine (C=N–C) groups is 1. The molecule has 2 aromatic carbocycles. The Hall–Kier alpha value is -3.25. The number of aromatic nitrogens is 2. The molecule has 0 aliphatic carbocycles. The van der Waals surface area contributed by atoms with Crippen LogP contribution in [0.15, 0.2) is 58.3 Å². The van der Waals surface area contributed by atoms with E-state index in [9.17, 15) is 9.90 Å². The van der Waals surface area contributed by atoms with Crippen molar-refractivity contribution < 1.29 is 5.11 Å². The molecule has 1 aliphatic rings. The van der Waals surface area contributed by atoms with Gasteiger partial charge in [0.05, 0.1) is 11.4 Å². The van der Waals surface area contributed by atoms with E-state index in [1.807, 2.05) is 48.5 Å². The number of aromatic hydroxyl groups is 1. The molecule has 0 amide bonds. The molecule has 0 atom stereocenters. The third kappa shape index (κ3) is 3.04. The Balaban J connectivity index is 1.88. The number of hydrogen-bond acceptors (Lipinski definition) is 4. The standard InChI is InChI=1S/C21H17N3O2S/c1-2-13-7-9-15(10-8-13)24-20(26)17(19(25)23-21(24)27)11-14-12-22-18-6-4-3-5-16(14)18/h3-12,26H,2H2,1H3,(H,23,25,27)/b14-11+. The van der Waals surface area contributed by atoms with E-state index in [2.05, 4.69) is 16.9 Å². The van der Waals surface area contributed by atoms with Gasteiger partial charge in [0.15, 0.2) is 4.77 Å². The molecule has 0 unspecified atom stereocenters. The molecule has 0 bridgehead atoms. The minimum atomic E-state index is -0.441. The quantitative estimate of drug-likeness (QED) is 0.666. The normalized spacial score (nSPS) is 13.9. The lowest BCUT2D eigenvalue weighted by molar-refractivity contribution is 0.432. The van der Waals surface area contributed by atoms with Crippen LogP contribution in [0, 0.1) is 4.77 Å². The van der Waals surface area contributed by atoms with Gasteiger partial charge < -0.3 is 5.11 Å². The van der Waals surface area contributed by atoms with E-state index in [0.29, 0.717) is 5.69 Å². The fourth-order valence-corrected chi connectivity index (χ4v) is 3.38. The lowest BCUT2D eigenvalue weighted by Crippen LogP contribution is -2.16. The average molecular weight is 375 g/mol. The van der Waals surface area contributed by atoms with Gasteiger partial charge in [0.1, 0.15) is 5.56 Å². The van der Waals surface area contributed by atoms with Gasteiger partial charge in [0.25, 0.3) is 5.56 Å². The molecule has 1 aromatic heterocycles. The van der Waals surface area contributed by atoms with Gasteiger partial charge in [-0.3, -0.25) is 19.3 Å². The van der Waals surface area contributed by atoms with E-state index in [4.69, 9.17) is 12.2 Å². The van der Waals surface area contributed by atoms with Crippen LogP contribution in [0.3, 0.4) is 0 Å². The minimum absolute atomic E-state index is 0.140. The molecule has 1 aliphatic heterocycles. The highest BCUT2D eigenvalue weighted by molar-refractivity contribution is 7.71. The van der Waals surface area contributed by atoms with Crippen LogP contribution in [0.1, 0.15) is 23.6 Å². The predicted molar refractivity (Wildman–Crippen MR) is 111 cm³/mol. The molecule has 2 N–H and O–H groups in total. The smallest absolute Gasteiger partial charge is 0.262 e. The first kappa shape index (κ1) is 17.2. The van der Waals surface area contributed by atoms with Gasteiger partial charge in [-0.2, -0.15) is 0 Å². The monoisotopic (exact) mass is 375 g/mol. The van der Waals surface area contributed by atoms with Crippen molar-refractivity contribution in [2.45, 2.75) is 13.3 Å². The van der Waals surface area contributed by atoms with Crippen molar-refractivity contribution in [2.24, 2.45) is 4.99 Å². The van der Waals surface area contributed by atoms with Crippen molar-refractivity contribution >= 4 is 35.8 Å². The number of aromatic amines is 1. The first-order valence-electron chi connectivity index (χ1n) is 8.61. The summed E-state index contributed by atoms with van der Waals surface area (Å²) in [7, 11) is 0. The van der Waals surface area contributed by atoms with Gasteiger partial charge in [0, 0.05) is 17.4 Å². The molecule has 0 spiro atoms. The maximum Gasteiger partial charge on any atom is 0.262 e.